The number of esters is 1. The summed E-state index contributed by atoms with van der Waals surface area (Å²) in [6, 6.07) is 5.43. The number of carboxylic acids is 1. The summed E-state index contributed by atoms with van der Waals surface area (Å²) in [5, 5.41) is 11.8. The van der Waals surface area contributed by atoms with Gasteiger partial charge in [0.15, 0.2) is 5.82 Å². The van der Waals surface area contributed by atoms with Crippen LogP contribution in [0, 0.1) is 0 Å². The quantitative estimate of drug-likeness (QED) is 0.436. The van der Waals surface area contributed by atoms with E-state index < -0.39 is 17.9 Å². The number of imidazole rings is 1. The third kappa shape index (κ3) is 6.17. The van der Waals surface area contributed by atoms with Crippen LogP contribution in [0.3, 0.4) is 0 Å². The number of nitrogens with zero attached hydrogens (tertiary/aromatic N) is 2. The van der Waals surface area contributed by atoms with Crippen LogP contribution in [-0.2, 0) is 9.53 Å². The summed E-state index contributed by atoms with van der Waals surface area (Å²) in [6.07, 6.45) is 7.75. The normalized spacial score (nSPS) is 11.7. The van der Waals surface area contributed by atoms with Gasteiger partial charge >= 0.3 is 11.9 Å². The van der Waals surface area contributed by atoms with Gasteiger partial charge in [0.1, 0.15) is 6.04 Å². The monoisotopic (exact) mass is 401 g/mol. The second-order valence-electron chi connectivity index (χ2n) is 6.63. The van der Waals surface area contributed by atoms with Gasteiger partial charge in [0, 0.05) is 6.20 Å². The summed E-state index contributed by atoms with van der Waals surface area (Å²) in [6.45, 7) is 4.16. The number of unbranched alkanes of at least 4 members (excludes halogenated alkanes) is 3. The molecule has 0 aliphatic rings. The van der Waals surface area contributed by atoms with Crippen molar-refractivity contribution in [2.75, 3.05) is 11.9 Å². The zero-order valence-corrected chi connectivity index (χ0v) is 16.8. The van der Waals surface area contributed by atoms with Crippen LogP contribution in [0.25, 0.3) is 0 Å². The highest BCUT2D eigenvalue weighted by molar-refractivity contribution is 6.10. The molecule has 2 N–H and O–H groups in total. The highest BCUT2D eigenvalue weighted by Gasteiger charge is 2.22. The number of aromatic carboxylic acids is 1. The van der Waals surface area contributed by atoms with Crippen LogP contribution in [0.5, 0.6) is 0 Å². The fourth-order valence-electron chi connectivity index (χ4n) is 3.01. The minimum Gasteiger partial charge on any atom is -0.478 e. The molecule has 0 radical (unpaired) electrons. The summed E-state index contributed by atoms with van der Waals surface area (Å²) >= 11 is 0. The number of benzene rings is 1. The molecule has 156 valence electrons. The maximum Gasteiger partial charge on any atom is 0.336 e. The SMILES string of the molecule is CCCCCCC(C(=O)OCC)n1cnc(NC(=O)c2ccccc2C(=O)O)c1. The fourth-order valence-corrected chi connectivity index (χ4v) is 3.01. The Morgan fingerprint density at radius 2 is 1.86 bits per heavy atom. The molecule has 2 rings (SSSR count). The minimum absolute atomic E-state index is 0.0380. The summed E-state index contributed by atoms with van der Waals surface area (Å²) in [5.41, 5.74) is -0.0548. The lowest BCUT2D eigenvalue weighted by Gasteiger charge is -2.16. The third-order valence-electron chi connectivity index (χ3n) is 4.49. The topological polar surface area (TPSA) is 111 Å². The van der Waals surface area contributed by atoms with E-state index in [1.54, 1.807) is 29.8 Å². The number of anilines is 1. The van der Waals surface area contributed by atoms with Crippen LogP contribution in [0.15, 0.2) is 36.8 Å². The average molecular weight is 401 g/mol. The van der Waals surface area contributed by atoms with Crippen LogP contribution >= 0.6 is 0 Å². The molecule has 0 saturated carbocycles. The molecular weight excluding hydrogens is 374 g/mol. The molecule has 0 fully saturated rings. The van der Waals surface area contributed by atoms with Crippen molar-refractivity contribution in [1.29, 1.82) is 0 Å². The van der Waals surface area contributed by atoms with Gasteiger partial charge in [-0.1, -0.05) is 44.7 Å². The number of carboxylic acid groups (broad SMARTS) is 1. The number of carbonyl (C=O) groups is 3. The van der Waals surface area contributed by atoms with Gasteiger partial charge in [0.2, 0.25) is 0 Å². The Balaban J connectivity index is 2.13. The van der Waals surface area contributed by atoms with Gasteiger partial charge in [0.25, 0.3) is 5.91 Å². The van der Waals surface area contributed by atoms with E-state index >= 15 is 0 Å². The van der Waals surface area contributed by atoms with Gasteiger partial charge in [-0.15, -0.1) is 0 Å². The van der Waals surface area contributed by atoms with Crippen molar-refractivity contribution in [2.24, 2.45) is 0 Å². The molecule has 1 aromatic carbocycles. The molecule has 8 nitrogen and oxygen atoms in total. The van der Waals surface area contributed by atoms with E-state index in [0.717, 1.165) is 25.7 Å². The largest absolute Gasteiger partial charge is 0.478 e. The molecule has 0 bridgehead atoms. The first-order valence-electron chi connectivity index (χ1n) is 9.81. The number of aromatic nitrogens is 2. The number of amides is 1. The van der Waals surface area contributed by atoms with Gasteiger partial charge in [-0.25, -0.2) is 14.6 Å². The molecule has 0 aliphatic heterocycles. The highest BCUT2D eigenvalue weighted by Crippen LogP contribution is 2.21. The van der Waals surface area contributed by atoms with Gasteiger partial charge in [-0.2, -0.15) is 0 Å². The maximum atomic E-state index is 12.5. The third-order valence-corrected chi connectivity index (χ3v) is 4.49. The van der Waals surface area contributed by atoms with Crippen LogP contribution in [0.1, 0.15) is 72.7 Å². The molecule has 0 spiro atoms. The first kappa shape index (κ1) is 22.1. The fraction of sp³-hybridized carbons (Fsp3) is 0.429. The lowest BCUT2D eigenvalue weighted by Crippen LogP contribution is -2.21. The summed E-state index contributed by atoms with van der Waals surface area (Å²) in [7, 11) is 0. The second kappa shape index (κ2) is 11.0. The van der Waals surface area contributed by atoms with E-state index in [-0.39, 0.29) is 29.5 Å². The van der Waals surface area contributed by atoms with Gasteiger partial charge < -0.3 is 19.7 Å². The Morgan fingerprint density at radius 3 is 2.52 bits per heavy atom. The number of nitrogens with one attached hydrogen (secondary N) is 1. The first-order chi connectivity index (χ1) is 14.0. The Labute approximate surface area is 169 Å². The smallest absolute Gasteiger partial charge is 0.336 e. The summed E-state index contributed by atoms with van der Waals surface area (Å²) in [5.74, 6) is -1.87. The molecule has 29 heavy (non-hydrogen) atoms. The van der Waals surface area contributed by atoms with Crippen LogP contribution in [-0.4, -0.2) is 39.1 Å². The number of hydrogen-bond donors (Lipinski definition) is 2. The van der Waals surface area contributed by atoms with Crippen molar-refractivity contribution in [1.82, 2.24) is 9.55 Å². The predicted octanol–water partition coefficient (Wildman–Crippen LogP) is 3.91. The van der Waals surface area contributed by atoms with Crippen LogP contribution < -0.4 is 5.32 Å². The predicted molar refractivity (Wildman–Crippen MR) is 108 cm³/mol. The molecule has 0 aliphatic carbocycles. The van der Waals surface area contributed by atoms with Crippen LogP contribution in [0.2, 0.25) is 0 Å². The zero-order valence-electron chi connectivity index (χ0n) is 16.8. The summed E-state index contributed by atoms with van der Waals surface area (Å²) < 4.78 is 6.80. The van der Waals surface area contributed by atoms with Gasteiger partial charge in [-0.05, 0) is 25.5 Å². The Morgan fingerprint density at radius 1 is 1.14 bits per heavy atom. The number of carbonyl (C=O) groups excluding carboxylic acids is 2. The van der Waals surface area contributed by atoms with E-state index in [1.165, 1.54) is 18.5 Å². The summed E-state index contributed by atoms with van der Waals surface area (Å²) in [4.78, 5) is 40.3. The molecule has 1 aromatic heterocycles. The van der Waals surface area contributed by atoms with Gasteiger partial charge in [0.05, 0.1) is 24.1 Å². The van der Waals surface area contributed by atoms with Gasteiger partial charge in [-0.3, -0.25) is 4.79 Å². The Kier molecular flexibility index (Phi) is 8.39. The zero-order chi connectivity index (χ0) is 21.2. The van der Waals surface area contributed by atoms with E-state index in [9.17, 15) is 19.5 Å². The second-order valence-corrected chi connectivity index (χ2v) is 6.63. The molecule has 1 amide bonds. The Hall–Kier alpha value is -3.16. The molecule has 1 unspecified atom stereocenters. The number of hydrogen-bond acceptors (Lipinski definition) is 5. The number of ether oxygens (including phenoxy) is 1. The molecule has 8 heteroatoms. The first-order valence-corrected chi connectivity index (χ1v) is 9.81. The molecule has 1 atom stereocenters. The highest BCUT2D eigenvalue weighted by atomic mass is 16.5. The van der Waals surface area contributed by atoms with Crippen LogP contribution in [0.4, 0.5) is 5.82 Å². The lowest BCUT2D eigenvalue weighted by molar-refractivity contribution is -0.147. The molecule has 0 saturated heterocycles. The van der Waals surface area contributed by atoms with E-state index in [4.69, 9.17) is 4.74 Å². The maximum absolute atomic E-state index is 12.5. The van der Waals surface area contributed by atoms with Crippen molar-refractivity contribution in [3.8, 4) is 0 Å². The van der Waals surface area contributed by atoms with E-state index in [1.807, 2.05) is 0 Å². The van der Waals surface area contributed by atoms with E-state index in [0.29, 0.717) is 6.42 Å². The molecular formula is C21H27N3O5. The molecule has 2 aromatic rings. The van der Waals surface area contributed by atoms with Crippen molar-refractivity contribution in [2.45, 2.75) is 52.0 Å². The lowest BCUT2D eigenvalue weighted by atomic mass is 10.1. The van der Waals surface area contributed by atoms with Crippen molar-refractivity contribution < 1.29 is 24.2 Å². The molecule has 1 heterocycles. The minimum atomic E-state index is -1.18. The average Bonchev–Trinajstić information content (AvgIpc) is 3.16. The van der Waals surface area contributed by atoms with Crippen molar-refractivity contribution >= 4 is 23.7 Å². The Bertz CT molecular complexity index is 846. The number of rotatable bonds is 11. The van der Waals surface area contributed by atoms with Crippen molar-refractivity contribution in [3.63, 3.8) is 0 Å². The standard InChI is InChI=1S/C21H27N3O5/c1-3-5-6-7-12-17(21(28)29-4-2)24-13-18(22-14-24)23-19(25)15-10-8-9-11-16(15)20(26)27/h8-11,13-14,17H,3-7,12H2,1-2H3,(H,23,25)(H,26,27). The van der Waals surface area contributed by atoms with E-state index in [2.05, 4.69) is 17.2 Å². The van der Waals surface area contributed by atoms with Crippen molar-refractivity contribution in [3.05, 3.63) is 47.9 Å².